The Morgan fingerprint density at radius 1 is 0.178 bits per heavy atom. The van der Waals surface area contributed by atoms with Crippen molar-refractivity contribution in [1.82, 2.24) is 0 Å². The summed E-state index contributed by atoms with van der Waals surface area (Å²) >= 11 is 57.7. The SMILES string of the molecule is CC(C)(C)c1ccc2cc3c(cc2c1)C(=O)Oc1cc2ccc(C(C)(C)C)cc2cc1C(=O)Oc1cc2ccc(C(C)(C)C)cc2cc1C(=O)Oc1cc2ccc(C(C)(C)C)cc2cc1C(=O)Oc1cc2ccc(C(C)(C)C)cc2cc1C(=O)Oc1cc2ccc(C(C)(C)C)cc2cc1C(=O)O3.ClC(Cl)Cl.ClC(Cl)Cl.ClC(Cl)Cl.ClC(Cl)Cl. The Bertz CT molecular complexity index is 4940. The number of carbonyl (C=O) groups excluding carboxylic acids is 6. The van der Waals surface area contributed by atoms with Gasteiger partial charge in [0.15, 0.2) is 17.2 Å². The molecule has 0 radical (unpaired) electrons. The van der Waals surface area contributed by atoms with Gasteiger partial charge >= 0.3 is 35.8 Å². The maximum absolute atomic E-state index is 15.6. The van der Waals surface area contributed by atoms with Gasteiger partial charge in [0.2, 0.25) is 0 Å². The van der Waals surface area contributed by atoms with Crippen LogP contribution in [0.15, 0.2) is 182 Å². The summed E-state index contributed by atoms with van der Waals surface area (Å²) in [6.07, 6.45) is 0. The zero-order chi connectivity index (χ0) is 87.5. The molecule has 1 heterocycles. The normalized spacial score (nSPS) is 13.5. The summed E-state index contributed by atoms with van der Waals surface area (Å²) in [6, 6.07) is 53.8. The van der Waals surface area contributed by atoms with Gasteiger partial charge in [0.1, 0.15) is 67.9 Å². The smallest absolute Gasteiger partial charge is 0.347 e. The Kier molecular flexibility index (Phi) is 30.3. The quantitative estimate of drug-likeness (QED) is 0.0805. The van der Waals surface area contributed by atoms with Crippen LogP contribution in [0.3, 0.4) is 0 Å². The maximum atomic E-state index is 15.6. The molecule has 0 saturated carbocycles. The fourth-order valence-corrected chi connectivity index (χ4v) is 12.9. The number of rotatable bonds is 0. The van der Waals surface area contributed by atoms with Crippen LogP contribution in [0.1, 0.15) is 220 Å². The fourth-order valence-electron chi connectivity index (χ4n) is 12.9. The molecule has 12 aromatic carbocycles. The number of hydrogen-bond donors (Lipinski definition) is 0. The minimum Gasteiger partial charge on any atom is -0.422 e. The number of hydrogen-bond acceptors (Lipinski definition) is 12. The van der Waals surface area contributed by atoms with Crippen molar-refractivity contribution < 1.29 is 57.2 Å². The second-order valence-corrected chi connectivity index (χ2v) is 42.2. The maximum Gasteiger partial charge on any atom is 0.347 e. The van der Waals surface area contributed by atoms with Crippen LogP contribution in [0.5, 0.6) is 34.5 Å². The molecule has 0 spiro atoms. The van der Waals surface area contributed by atoms with Crippen molar-refractivity contribution >= 4 is 240 Å². The first-order valence-corrected chi connectivity index (χ1v) is 42.4. The summed E-state index contributed by atoms with van der Waals surface area (Å²) in [6.45, 7) is 37.3. The van der Waals surface area contributed by atoms with Crippen LogP contribution in [-0.4, -0.2) is 53.0 Å². The molecule has 0 aliphatic carbocycles. The molecule has 0 amide bonds. The first-order valence-electron chi connectivity index (χ1n) is 37.1. The summed E-state index contributed by atoms with van der Waals surface area (Å²) < 4.78 is 36.0. The van der Waals surface area contributed by atoms with Crippen LogP contribution in [0.25, 0.3) is 64.6 Å². The standard InChI is InChI=1S/C90H84O12.4CHCl3/c1-85(2,3)61-25-19-49-43-73-67(37-55(49)31-61)79(91)98-74-44-50-20-26-62(86(4,5)6)32-56(50)38-68(74)81(93)100-76-46-52-22-28-64(88(10,11)12)34-58(52)40-70(76)83(95)102-78-48-54-24-30-66(90(16,17)18)36-60(54)42-72(78)84(96)101-77-47-53-23-29-65(89(13,14)15)35-59(53)41-71(77)82(94)99-75-45-51-21-27-63(87(7,8)9)33-57(51)39-69(75)80(92)97-73;4*2-1(3)4/h19-48H,1-18H3;4*1H. The highest BCUT2D eigenvalue weighted by Gasteiger charge is 2.33. The van der Waals surface area contributed by atoms with E-state index < -0.39 is 53.0 Å². The molecule has 24 heteroatoms. The van der Waals surface area contributed by atoms with Gasteiger partial charge < -0.3 is 28.4 Å². The highest BCUT2D eigenvalue weighted by molar-refractivity contribution is 6.64. The molecular formula is C94H88Cl12O12. The van der Waals surface area contributed by atoms with Crippen LogP contribution in [0, 0.1) is 0 Å². The van der Waals surface area contributed by atoms with Gasteiger partial charge in [-0.1, -0.05) is 373 Å². The van der Waals surface area contributed by atoms with Gasteiger partial charge in [-0.15, -0.1) is 0 Å². The Morgan fingerprint density at radius 3 is 0.390 bits per heavy atom. The topological polar surface area (TPSA) is 158 Å². The number of fused-ring (bicyclic) bond motifs is 12. The van der Waals surface area contributed by atoms with E-state index in [0.717, 1.165) is 33.4 Å². The molecule has 0 unspecified atom stereocenters. The molecule has 1 aliphatic rings. The van der Waals surface area contributed by atoms with Crippen LogP contribution in [-0.2, 0) is 32.5 Å². The second-order valence-electron chi connectivity index (χ2n) is 34.3. The molecule has 1 aliphatic heterocycles. The highest BCUT2D eigenvalue weighted by atomic mass is 35.6. The molecule has 12 aromatic rings. The third kappa shape index (κ3) is 24.4. The lowest BCUT2D eigenvalue weighted by atomic mass is 9.85. The lowest BCUT2D eigenvalue weighted by Gasteiger charge is -2.21. The van der Waals surface area contributed by atoms with E-state index in [1.165, 1.54) is 0 Å². The zero-order valence-corrected chi connectivity index (χ0v) is 77.1. The molecule has 0 fully saturated rings. The van der Waals surface area contributed by atoms with E-state index in [9.17, 15) is 0 Å². The average molecular weight is 1840 g/mol. The largest absolute Gasteiger partial charge is 0.422 e. The van der Waals surface area contributed by atoms with Crippen molar-refractivity contribution in [3.63, 3.8) is 0 Å². The second kappa shape index (κ2) is 37.9. The highest BCUT2D eigenvalue weighted by Crippen LogP contribution is 2.42. The van der Waals surface area contributed by atoms with Gasteiger partial charge in [0, 0.05) is 0 Å². The number of ether oxygens (including phenoxy) is 6. The van der Waals surface area contributed by atoms with Crippen molar-refractivity contribution in [3.05, 3.63) is 249 Å². The van der Waals surface area contributed by atoms with E-state index in [-0.39, 0.29) is 100 Å². The summed E-state index contributed by atoms with van der Waals surface area (Å²) in [5.41, 5.74) is 2.64. The molecule has 0 atom stereocenters. The van der Waals surface area contributed by atoms with E-state index in [2.05, 4.69) is 125 Å². The molecule has 0 saturated heterocycles. The summed E-state index contributed by atoms with van der Waals surface area (Å²) in [4.78, 5) is 93.8. The van der Waals surface area contributed by atoms with E-state index in [1.54, 1.807) is 72.8 Å². The third-order valence-corrected chi connectivity index (χ3v) is 19.4. The number of alkyl halides is 12. The van der Waals surface area contributed by atoms with Gasteiger partial charge in [-0.25, -0.2) is 28.8 Å². The Labute approximate surface area is 748 Å². The van der Waals surface area contributed by atoms with Gasteiger partial charge in [0.25, 0.3) is 0 Å². The number of carbonyl (C=O) groups is 6. The van der Waals surface area contributed by atoms with E-state index >= 15 is 28.8 Å². The molecule has 13 rings (SSSR count). The van der Waals surface area contributed by atoms with Gasteiger partial charge in [-0.2, -0.15) is 0 Å². The van der Waals surface area contributed by atoms with Crippen molar-refractivity contribution in [3.8, 4) is 34.5 Å². The van der Waals surface area contributed by atoms with Gasteiger partial charge in [0.05, 0.1) is 0 Å². The Hall–Kier alpha value is -7.50. The Morgan fingerprint density at radius 2 is 0.288 bits per heavy atom. The molecule has 118 heavy (non-hydrogen) atoms. The minimum absolute atomic E-state index is 0.192. The number of halogens is 12. The van der Waals surface area contributed by atoms with Crippen molar-refractivity contribution in [1.29, 1.82) is 0 Å². The Balaban J connectivity index is 0.000000911. The zero-order valence-electron chi connectivity index (χ0n) is 68.1. The summed E-state index contributed by atoms with van der Waals surface area (Å²) in [5, 5.41) is 7.34. The molecular weight excluding hydrogens is 1750 g/mol. The molecule has 0 bridgehead atoms. The monoisotopic (exact) mass is 1830 g/mol. The average Bonchev–Trinajstić information content (AvgIpc) is 0.770. The van der Waals surface area contributed by atoms with Crippen molar-refractivity contribution in [2.75, 3.05) is 0 Å². The third-order valence-electron chi connectivity index (χ3n) is 19.4. The first-order chi connectivity index (χ1) is 54.6. The van der Waals surface area contributed by atoms with Crippen LogP contribution in [0.2, 0.25) is 0 Å². The minimum atomic E-state index is -1.01. The number of esters is 6. The summed E-state index contributed by atoms with van der Waals surface area (Å²) in [5.74, 6) is -7.34. The fraction of sp³-hybridized carbons (Fsp3) is 0.298. The molecule has 0 aromatic heterocycles. The van der Waals surface area contributed by atoms with Crippen LogP contribution >= 0.6 is 139 Å². The van der Waals surface area contributed by atoms with E-state index in [4.69, 9.17) is 168 Å². The van der Waals surface area contributed by atoms with Gasteiger partial charge in [-0.05, 0) is 203 Å². The van der Waals surface area contributed by atoms with Crippen molar-refractivity contribution in [2.45, 2.75) is 174 Å². The number of benzene rings is 12. The van der Waals surface area contributed by atoms with E-state index in [1.807, 2.05) is 109 Å². The van der Waals surface area contributed by atoms with Crippen LogP contribution < -0.4 is 28.4 Å². The lowest BCUT2D eigenvalue weighted by Crippen LogP contribution is -2.20. The van der Waals surface area contributed by atoms with E-state index in [0.29, 0.717) is 64.6 Å². The lowest BCUT2D eigenvalue weighted by molar-refractivity contribution is 0.0688. The molecule has 12 nitrogen and oxygen atoms in total. The van der Waals surface area contributed by atoms with Crippen LogP contribution in [0.4, 0.5) is 0 Å². The molecule has 620 valence electrons. The summed E-state index contributed by atoms with van der Waals surface area (Å²) in [7, 11) is 0. The van der Waals surface area contributed by atoms with Crippen molar-refractivity contribution in [2.24, 2.45) is 0 Å². The first kappa shape index (κ1) is 94.4. The molecule has 0 N–H and O–H groups in total. The predicted octanol–water partition coefficient (Wildman–Crippen LogP) is 30.0. The predicted molar refractivity (Wildman–Crippen MR) is 491 cm³/mol. The van der Waals surface area contributed by atoms with Gasteiger partial charge in [-0.3, -0.25) is 0 Å².